The maximum absolute atomic E-state index is 5.19. The number of rotatable bonds is 2. The highest BCUT2D eigenvalue weighted by atomic mass is 79.9. The van der Waals surface area contributed by atoms with Crippen LogP contribution in [0.2, 0.25) is 0 Å². The molecule has 2 nitrogen and oxygen atoms in total. The fourth-order valence-electron chi connectivity index (χ4n) is 1.06. The lowest BCUT2D eigenvalue weighted by molar-refractivity contribution is 0.427. The van der Waals surface area contributed by atoms with E-state index in [9.17, 15) is 0 Å². The van der Waals surface area contributed by atoms with Gasteiger partial charge in [-0.15, -0.1) is 11.3 Å². The van der Waals surface area contributed by atoms with E-state index in [-0.39, 0.29) is 0 Å². The number of hydrogen-bond donors (Lipinski definition) is 0. The Morgan fingerprint density at radius 3 is 2.92 bits per heavy atom. The van der Waals surface area contributed by atoms with E-state index in [1.54, 1.807) is 11.3 Å². The number of aryl methyl sites for hydroxylation is 1. The van der Waals surface area contributed by atoms with Crippen LogP contribution in [-0.2, 0) is 5.33 Å². The van der Waals surface area contributed by atoms with Crippen LogP contribution in [0.15, 0.2) is 22.7 Å². The first-order valence-electron chi connectivity index (χ1n) is 3.88. The van der Waals surface area contributed by atoms with Gasteiger partial charge in [-0.2, -0.15) is 0 Å². The molecule has 0 unspecified atom stereocenters. The molecule has 0 saturated carbocycles. The van der Waals surface area contributed by atoms with Gasteiger partial charge in [-0.1, -0.05) is 21.1 Å². The van der Waals surface area contributed by atoms with E-state index in [1.807, 2.05) is 6.07 Å². The minimum absolute atomic E-state index is 0.737. The smallest absolute Gasteiger partial charge is 0.177 e. The van der Waals surface area contributed by atoms with Crippen molar-refractivity contribution < 1.29 is 4.52 Å². The van der Waals surface area contributed by atoms with Gasteiger partial charge in [-0.05, 0) is 19.1 Å². The molecule has 0 N–H and O–H groups in total. The molecule has 0 bridgehead atoms. The first-order valence-corrected chi connectivity index (χ1v) is 5.82. The summed E-state index contributed by atoms with van der Waals surface area (Å²) in [5, 5.41) is 4.64. The Balaban J connectivity index is 2.35. The molecule has 2 aromatic rings. The summed E-state index contributed by atoms with van der Waals surface area (Å²) in [5.41, 5.74) is 0.932. The largest absolute Gasteiger partial charge is 0.355 e. The molecular weight excluding hydrogens is 250 g/mol. The zero-order valence-corrected chi connectivity index (χ0v) is 9.48. The van der Waals surface area contributed by atoms with Crippen molar-refractivity contribution in [2.75, 3.05) is 0 Å². The van der Waals surface area contributed by atoms with E-state index in [2.05, 4.69) is 40.1 Å². The van der Waals surface area contributed by atoms with Crippen LogP contribution in [0.25, 0.3) is 10.6 Å². The Morgan fingerprint density at radius 2 is 2.38 bits per heavy atom. The molecule has 2 rings (SSSR count). The summed E-state index contributed by atoms with van der Waals surface area (Å²) in [7, 11) is 0. The highest BCUT2D eigenvalue weighted by molar-refractivity contribution is 9.08. The van der Waals surface area contributed by atoms with Crippen molar-refractivity contribution in [2.45, 2.75) is 12.3 Å². The van der Waals surface area contributed by atoms with Crippen molar-refractivity contribution >= 4 is 27.3 Å². The van der Waals surface area contributed by atoms with Crippen LogP contribution in [0.4, 0.5) is 0 Å². The average molecular weight is 258 g/mol. The minimum atomic E-state index is 0.737. The molecule has 0 aliphatic rings. The van der Waals surface area contributed by atoms with Gasteiger partial charge < -0.3 is 4.52 Å². The Bertz CT molecular complexity index is 407. The van der Waals surface area contributed by atoms with Crippen LogP contribution in [-0.4, -0.2) is 5.16 Å². The molecule has 0 aliphatic heterocycles. The molecule has 4 heteroatoms. The maximum atomic E-state index is 5.19. The van der Waals surface area contributed by atoms with E-state index in [0.29, 0.717) is 0 Å². The maximum Gasteiger partial charge on any atom is 0.177 e. The van der Waals surface area contributed by atoms with E-state index in [4.69, 9.17) is 4.52 Å². The third-order valence-electron chi connectivity index (χ3n) is 1.68. The fourth-order valence-corrected chi connectivity index (χ4v) is 2.14. The summed E-state index contributed by atoms with van der Waals surface area (Å²) in [4.78, 5) is 2.42. The summed E-state index contributed by atoms with van der Waals surface area (Å²) in [5.74, 6) is 0.854. The standard InChI is InChI=1S/C9H8BrNOS/c1-6-2-3-9(13-6)8-4-7(5-10)11-12-8/h2-4H,5H2,1H3. The number of nitrogens with zero attached hydrogens (tertiary/aromatic N) is 1. The van der Waals surface area contributed by atoms with Crippen molar-refractivity contribution in [2.24, 2.45) is 0 Å². The van der Waals surface area contributed by atoms with Crippen molar-refractivity contribution in [1.29, 1.82) is 0 Å². The lowest BCUT2D eigenvalue weighted by atomic mass is 10.3. The summed E-state index contributed by atoms with van der Waals surface area (Å²) in [6, 6.07) is 6.09. The first kappa shape index (κ1) is 8.97. The lowest BCUT2D eigenvalue weighted by Crippen LogP contribution is -1.70. The monoisotopic (exact) mass is 257 g/mol. The highest BCUT2D eigenvalue weighted by Crippen LogP contribution is 2.28. The second-order valence-electron chi connectivity index (χ2n) is 2.73. The van der Waals surface area contributed by atoms with Crippen molar-refractivity contribution in [3.63, 3.8) is 0 Å². The van der Waals surface area contributed by atoms with Gasteiger partial charge in [0, 0.05) is 16.3 Å². The second-order valence-corrected chi connectivity index (χ2v) is 4.58. The van der Waals surface area contributed by atoms with Gasteiger partial charge in [0.2, 0.25) is 0 Å². The van der Waals surface area contributed by atoms with Gasteiger partial charge >= 0.3 is 0 Å². The predicted molar refractivity (Wildman–Crippen MR) is 57.2 cm³/mol. The van der Waals surface area contributed by atoms with Crippen LogP contribution < -0.4 is 0 Å². The molecule has 0 aromatic carbocycles. The molecule has 0 saturated heterocycles. The lowest BCUT2D eigenvalue weighted by Gasteiger charge is -1.84. The van der Waals surface area contributed by atoms with Crippen LogP contribution in [0.5, 0.6) is 0 Å². The van der Waals surface area contributed by atoms with Crippen molar-refractivity contribution in [3.05, 3.63) is 28.8 Å². The Kier molecular flexibility index (Phi) is 2.51. The van der Waals surface area contributed by atoms with E-state index in [0.717, 1.165) is 21.7 Å². The van der Waals surface area contributed by atoms with Gasteiger partial charge in [-0.3, -0.25) is 0 Å². The molecule has 0 spiro atoms. The zero-order chi connectivity index (χ0) is 9.26. The van der Waals surface area contributed by atoms with Crippen LogP contribution in [0.1, 0.15) is 10.6 Å². The van der Waals surface area contributed by atoms with Crippen LogP contribution in [0.3, 0.4) is 0 Å². The number of thiophene rings is 1. The Morgan fingerprint density at radius 1 is 1.54 bits per heavy atom. The van der Waals surface area contributed by atoms with E-state index >= 15 is 0 Å². The summed E-state index contributed by atoms with van der Waals surface area (Å²) in [6.07, 6.45) is 0. The molecule has 0 fully saturated rings. The van der Waals surface area contributed by atoms with Gasteiger partial charge in [0.1, 0.15) is 0 Å². The molecule has 0 atom stereocenters. The number of alkyl halides is 1. The summed E-state index contributed by atoms with van der Waals surface area (Å²) < 4.78 is 5.19. The van der Waals surface area contributed by atoms with Gasteiger partial charge in [0.25, 0.3) is 0 Å². The predicted octanol–water partition coefficient (Wildman–Crippen LogP) is 3.61. The minimum Gasteiger partial charge on any atom is -0.355 e. The third kappa shape index (κ3) is 1.84. The SMILES string of the molecule is Cc1ccc(-c2cc(CBr)no2)s1. The Labute approximate surface area is 88.7 Å². The first-order chi connectivity index (χ1) is 6.29. The molecular formula is C9H8BrNOS. The second kappa shape index (κ2) is 3.64. The average Bonchev–Trinajstić information content (AvgIpc) is 2.71. The quantitative estimate of drug-likeness (QED) is 0.769. The van der Waals surface area contributed by atoms with Crippen LogP contribution in [0, 0.1) is 6.92 Å². The molecule has 13 heavy (non-hydrogen) atoms. The van der Waals surface area contributed by atoms with Gasteiger partial charge in [0.05, 0.1) is 10.6 Å². The molecule has 68 valence electrons. The summed E-state index contributed by atoms with van der Waals surface area (Å²) in [6.45, 7) is 2.08. The molecule has 0 radical (unpaired) electrons. The van der Waals surface area contributed by atoms with E-state index < -0.39 is 0 Å². The third-order valence-corrected chi connectivity index (χ3v) is 3.27. The number of halogens is 1. The molecule has 0 amide bonds. The molecule has 0 aliphatic carbocycles. The fraction of sp³-hybridized carbons (Fsp3) is 0.222. The molecule has 2 aromatic heterocycles. The van der Waals surface area contributed by atoms with Crippen LogP contribution >= 0.6 is 27.3 Å². The highest BCUT2D eigenvalue weighted by Gasteiger charge is 2.07. The summed E-state index contributed by atoms with van der Waals surface area (Å²) >= 11 is 5.05. The van der Waals surface area contributed by atoms with Gasteiger partial charge in [-0.25, -0.2) is 0 Å². The number of hydrogen-bond acceptors (Lipinski definition) is 3. The van der Waals surface area contributed by atoms with Crippen molar-refractivity contribution in [1.82, 2.24) is 5.16 Å². The van der Waals surface area contributed by atoms with E-state index in [1.165, 1.54) is 4.88 Å². The Hall–Kier alpha value is -0.610. The normalized spacial score (nSPS) is 10.6. The van der Waals surface area contributed by atoms with Crippen molar-refractivity contribution in [3.8, 4) is 10.6 Å². The molecule has 2 heterocycles. The number of aromatic nitrogens is 1. The topological polar surface area (TPSA) is 26.0 Å². The van der Waals surface area contributed by atoms with Gasteiger partial charge in [0.15, 0.2) is 5.76 Å². The zero-order valence-electron chi connectivity index (χ0n) is 7.08.